The van der Waals surface area contributed by atoms with E-state index in [9.17, 15) is 13.2 Å². The molecule has 0 amide bonds. The quantitative estimate of drug-likeness (QED) is 0.442. The standard InChI is InChI=1S/C12H23F3N2O/c1-2-7-18-8-11(17-16)9-5-3-4-6-10(9)12(13,14)15/h9-11,17H,2-8,16H2,1H3. The molecule has 1 rings (SSSR count). The third kappa shape index (κ3) is 4.40. The molecule has 3 nitrogen and oxygen atoms in total. The number of ether oxygens (including phenoxy) is 1. The smallest absolute Gasteiger partial charge is 0.380 e. The molecule has 1 aliphatic rings. The number of nitrogens with one attached hydrogen (secondary N) is 1. The van der Waals surface area contributed by atoms with Crippen LogP contribution in [-0.4, -0.2) is 25.4 Å². The third-order valence-electron chi connectivity index (χ3n) is 3.62. The van der Waals surface area contributed by atoms with Gasteiger partial charge in [-0.1, -0.05) is 19.8 Å². The van der Waals surface area contributed by atoms with Gasteiger partial charge in [-0.3, -0.25) is 11.3 Å². The normalized spacial score (nSPS) is 27.2. The van der Waals surface area contributed by atoms with Gasteiger partial charge in [0.05, 0.1) is 12.5 Å². The average Bonchev–Trinajstić information content (AvgIpc) is 2.34. The first kappa shape index (κ1) is 15.7. The molecular formula is C12H23F3N2O. The molecule has 3 atom stereocenters. The second kappa shape index (κ2) is 7.31. The van der Waals surface area contributed by atoms with Gasteiger partial charge in [0, 0.05) is 12.6 Å². The predicted octanol–water partition coefficient (Wildman–Crippen LogP) is 2.61. The fourth-order valence-electron chi connectivity index (χ4n) is 2.70. The highest BCUT2D eigenvalue weighted by Gasteiger charge is 2.47. The number of rotatable bonds is 6. The number of hydrogen-bond acceptors (Lipinski definition) is 3. The molecule has 0 aliphatic heterocycles. The fourth-order valence-corrected chi connectivity index (χ4v) is 2.70. The van der Waals surface area contributed by atoms with E-state index in [0.717, 1.165) is 12.8 Å². The lowest BCUT2D eigenvalue weighted by Gasteiger charge is -2.37. The van der Waals surface area contributed by atoms with Gasteiger partial charge >= 0.3 is 6.18 Å². The van der Waals surface area contributed by atoms with Crippen molar-refractivity contribution in [2.24, 2.45) is 17.7 Å². The van der Waals surface area contributed by atoms with E-state index in [1.54, 1.807) is 0 Å². The molecule has 6 heteroatoms. The molecule has 0 heterocycles. The van der Waals surface area contributed by atoms with Gasteiger partial charge in [-0.15, -0.1) is 0 Å². The molecule has 3 N–H and O–H groups in total. The topological polar surface area (TPSA) is 47.3 Å². The van der Waals surface area contributed by atoms with Crippen LogP contribution in [0, 0.1) is 11.8 Å². The Morgan fingerprint density at radius 1 is 1.33 bits per heavy atom. The van der Waals surface area contributed by atoms with E-state index in [1.807, 2.05) is 6.92 Å². The summed E-state index contributed by atoms with van der Waals surface area (Å²) in [6.07, 6.45) is -1.03. The first-order valence-corrected chi connectivity index (χ1v) is 6.61. The van der Waals surface area contributed by atoms with Gasteiger partial charge in [0.2, 0.25) is 0 Å². The Bertz CT molecular complexity index is 236. The molecule has 3 unspecified atom stereocenters. The second-order valence-corrected chi connectivity index (χ2v) is 4.94. The monoisotopic (exact) mass is 268 g/mol. The molecule has 0 aromatic heterocycles. The van der Waals surface area contributed by atoms with Crippen LogP contribution in [-0.2, 0) is 4.74 Å². The average molecular weight is 268 g/mol. The summed E-state index contributed by atoms with van der Waals surface area (Å²) in [4.78, 5) is 0. The highest BCUT2D eigenvalue weighted by Crippen LogP contribution is 2.42. The molecule has 108 valence electrons. The molecule has 0 aromatic rings. The molecule has 0 radical (unpaired) electrons. The van der Waals surface area contributed by atoms with Crippen LogP contribution in [0.3, 0.4) is 0 Å². The van der Waals surface area contributed by atoms with Crippen molar-refractivity contribution in [1.29, 1.82) is 0 Å². The first-order chi connectivity index (χ1) is 8.50. The number of hydrogen-bond donors (Lipinski definition) is 2. The predicted molar refractivity (Wildman–Crippen MR) is 63.7 cm³/mol. The number of nitrogens with two attached hydrogens (primary N) is 1. The molecule has 0 bridgehead atoms. The van der Waals surface area contributed by atoms with Gasteiger partial charge in [0.25, 0.3) is 0 Å². The van der Waals surface area contributed by atoms with Crippen LogP contribution in [0.4, 0.5) is 13.2 Å². The van der Waals surface area contributed by atoms with Crippen molar-refractivity contribution in [3.63, 3.8) is 0 Å². The SMILES string of the molecule is CCCOCC(NN)C1CCCCC1C(F)(F)F. The summed E-state index contributed by atoms with van der Waals surface area (Å²) in [5.41, 5.74) is 2.51. The minimum Gasteiger partial charge on any atom is -0.380 e. The van der Waals surface area contributed by atoms with Gasteiger partial charge in [-0.2, -0.15) is 13.2 Å². The Kier molecular flexibility index (Phi) is 6.38. The molecule has 0 aromatic carbocycles. The van der Waals surface area contributed by atoms with E-state index in [2.05, 4.69) is 5.43 Å². The van der Waals surface area contributed by atoms with Gasteiger partial charge in [0.1, 0.15) is 0 Å². The van der Waals surface area contributed by atoms with E-state index < -0.39 is 24.1 Å². The van der Waals surface area contributed by atoms with Crippen LogP contribution >= 0.6 is 0 Å². The van der Waals surface area contributed by atoms with Gasteiger partial charge in [0.15, 0.2) is 0 Å². The van der Waals surface area contributed by atoms with Crippen molar-refractivity contribution >= 4 is 0 Å². The fraction of sp³-hybridized carbons (Fsp3) is 1.00. The molecule has 1 saturated carbocycles. The Hall–Kier alpha value is -0.330. The van der Waals surface area contributed by atoms with Crippen LogP contribution in [0.2, 0.25) is 0 Å². The van der Waals surface area contributed by atoms with Crippen molar-refractivity contribution in [3.05, 3.63) is 0 Å². The summed E-state index contributed by atoms with van der Waals surface area (Å²) in [6.45, 7) is 2.77. The Morgan fingerprint density at radius 2 is 2.00 bits per heavy atom. The van der Waals surface area contributed by atoms with Crippen molar-refractivity contribution in [2.45, 2.75) is 51.2 Å². The molecular weight excluding hydrogens is 245 g/mol. The summed E-state index contributed by atoms with van der Waals surface area (Å²) in [5.74, 6) is 3.67. The molecule has 0 spiro atoms. The molecule has 0 saturated heterocycles. The van der Waals surface area contributed by atoms with E-state index in [-0.39, 0.29) is 13.0 Å². The highest BCUT2D eigenvalue weighted by atomic mass is 19.4. The third-order valence-corrected chi connectivity index (χ3v) is 3.62. The van der Waals surface area contributed by atoms with Gasteiger partial charge in [-0.05, 0) is 25.2 Å². The van der Waals surface area contributed by atoms with Crippen molar-refractivity contribution in [1.82, 2.24) is 5.43 Å². The van der Waals surface area contributed by atoms with Crippen LogP contribution in [0.15, 0.2) is 0 Å². The summed E-state index contributed by atoms with van der Waals surface area (Å²) >= 11 is 0. The largest absolute Gasteiger partial charge is 0.392 e. The van der Waals surface area contributed by atoms with Gasteiger partial charge < -0.3 is 4.74 Å². The zero-order valence-corrected chi connectivity index (χ0v) is 10.8. The summed E-state index contributed by atoms with van der Waals surface area (Å²) in [7, 11) is 0. The summed E-state index contributed by atoms with van der Waals surface area (Å²) < 4.78 is 44.2. The minimum absolute atomic E-state index is 0.208. The van der Waals surface area contributed by atoms with E-state index in [0.29, 0.717) is 19.4 Å². The highest BCUT2D eigenvalue weighted by molar-refractivity contribution is 4.87. The van der Waals surface area contributed by atoms with Crippen molar-refractivity contribution in [2.75, 3.05) is 13.2 Å². The number of alkyl halides is 3. The zero-order valence-electron chi connectivity index (χ0n) is 10.8. The van der Waals surface area contributed by atoms with Crippen LogP contribution in [0.25, 0.3) is 0 Å². The van der Waals surface area contributed by atoms with Crippen molar-refractivity contribution < 1.29 is 17.9 Å². The van der Waals surface area contributed by atoms with Crippen LogP contribution < -0.4 is 11.3 Å². The first-order valence-electron chi connectivity index (χ1n) is 6.61. The van der Waals surface area contributed by atoms with Crippen LogP contribution in [0.1, 0.15) is 39.0 Å². The minimum atomic E-state index is -4.13. The molecule has 1 fully saturated rings. The lowest BCUT2D eigenvalue weighted by molar-refractivity contribution is -0.200. The van der Waals surface area contributed by atoms with Gasteiger partial charge in [-0.25, -0.2) is 0 Å². The van der Waals surface area contributed by atoms with Crippen molar-refractivity contribution in [3.8, 4) is 0 Å². The van der Waals surface area contributed by atoms with Crippen LogP contribution in [0.5, 0.6) is 0 Å². The second-order valence-electron chi connectivity index (χ2n) is 4.94. The molecule has 1 aliphatic carbocycles. The Morgan fingerprint density at radius 3 is 2.56 bits per heavy atom. The Balaban J connectivity index is 2.62. The number of hydrazine groups is 1. The Labute approximate surface area is 106 Å². The lowest BCUT2D eigenvalue weighted by Crippen LogP contribution is -2.50. The lowest BCUT2D eigenvalue weighted by atomic mass is 9.75. The van der Waals surface area contributed by atoms with E-state index in [4.69, 9.17) is 10.6 Å². The van der Waals surface area contributed by atoms with E-state index in [1.165, 1.54) is 0 Å². The maximum atomic E-state index is 13.0. The zero-order chi connectivity index (χ0) is 13.6. The number of halogens is 3. The summed E-state index contributed by atoms with van der Waals surface area (Å²) in [5, 5.41) is 0. The summed E-state index contributed by atoms with van der Waals surface area (Å²) in [6, 6.07) is -0.413. The maximum Gasteiger partial charge on any atom is 0.392 e. The molecule has 18 heavy (non-hydrogen) atoms. The maximum absolute atomic E-state index is 13.0. The van der Waals surface area contributed by atoms with E-state index >= 15 is 0 Å².